The second-order valence-corrected chi connectivity index (χ2v) is 7.38. The van der Waals surface area contributed by atoms with Crippen LogP contribution in [0.1, 0.15) is 18.1 Å². The third-order valence-corrected chi connectivity index (χ3v) is 5.16. The fraction of sp³-hybridized carbons (Fsp3) is 0.300. The van der Waals surface area contributed by atoms with Crippen LogP contribution in [0.15, 0.2) is 55.4 Å². The van der Waals surface area contributed by atoms with Gasteiger partial charge in [0, 0.05) is 31.2 Å². The zero-order valence-electron chi connectivity index (χ0n) is 14.8. The highest BCUT2D eigenvalue weighted by Gasteiger charge is 2.22. The number of amides is 1. The Labute approximate surface area is 158 Å². The number of ether oxygens (including phenoxy) is 2. The molecule has 2 aromatic rings. The molecule has 2 heterocycles. The number of benzene rings is 1. The lowest BCUT2D eigenvalue weighted by Crippen LogP contribution is -2.35. The molecule has 1 aromatic heterocycles. The summed E-state index contributed by atoms with van der Waals surface area (Å²) in [7, 11) is 0. The van der Waals surface area contributed by atoms with Gasteiger partial charge < -0.3 is 14.4 Å². The fourth-order valence-electron chi connectivity index (χ4n) is 2.72. The molecule has 0 N–H and O–H groups in total. The Balaban J connectivity index is 1.77. The summed E-state index contributed by atoms with van der Waals surface area (Å²) in [6.07, 6.45) is 5.34. The number of carbonyl (C=O) groups excluding carboxylic acids is 1. The van der Waals surface area contributed by atoms with Crippen molar-refractivity contribution >= 4 is 17.7 Å². The Hall–Kier alpha value is -2.47. The molecule has 0 aliphatic carbocycles. The Kier molecular flexibility index (Phi) is 6.17. The summed E-state index contributed by atoms with van der Waals surface area (Å²) >= 11 is 1.58. The monoisotopic (exact) mass is 370 g/mol. The molecule has 0 radical (unpaired) electrons. The molecule has 136 valence electrons. The molecule has 0 spiro atoms. The van der Waals surface area contributed by atoms with Crippen LogP contribution in [0.5, 0.6) is 11.5 Å². The van der Waals surface area contributed by atoms with Gasteiger partial charge in [-0.05, 0) is 36.2 Å². The van der Waals surface area contributed by atoms with Gasteiger partial charge in [-0.3, -0.25) is 9.78 Å². The van der Waals surface area contributed by atoms with Gasteiger partial charge in [0.2, 0.25) is 12.7 Å². The standard InChI is InChI=1S/C20H22N2O3S/c1-3-9-26-15(2)20(23)22(13-17-5-4-8-21-11-17)12-16-6-7-18-19(10-16)25-14-24-18/h3-8,10-11,15H,1,9,12-14H2,2H3. The van der Waals surface area contributed by atoms with Gasteiger partial charge in [-0.25, -0.2) is 0 Å². The van der Waals surface area contributed by atoms with Gasteiger partial charge in [-0.2, -0.15) is 0 Å². The molecule has 26 heavy (non-hydrogen) atoms. The summed E-state index contributed by atoms with van der Waals surface area (Å²) in [6.45, 7) is 6.92. The van der Waals surface area contributed by atoms with Crippen LogP contribution in [0.2, 0.25) is 0 Å². The molecule has 1 aliphatic heterocycles. The van der Waals surface area contributed by atoms with E-state index in [1.54, 1.807) is 24.2 Å². The lowest BCUT2D eigenvalue weighted by atomic mass is 10.1. The first-order chi connectivity index (χ1) is 12.7. The molecule has 1 amide bonds. The number of aromatic nitrogens is 1. The van der Waals surface area contributed by atoms with E-state index in [0.29, 0.717) is 13.1 Å². The minimum atomic E-state index is -0.140. The summed E-state index contributed by atoms with van der Waals surface area (Å²) in [5.41, 5.74) is 2.01. The number of pyridine rings is 1. The number of hydrogen-bond acceptors (Lipinski definition) is 5. The number of hydrogen-bond donors (Lipinski definition) is 0. The number of carbonyl (C=O) groups is 1. The average Bonchev–Trinajstić information content (AvgIpc) is 3.13. The lowest BCUT2D eigenvalue weighted by molar-refractivity contribution is -0.131. The fourth-order valence-corrected chi connectivity index (χ4v) is 3.44. The molecular formula is C20H22N2O3S. The highest BCUT2D eigenvalue weighted by molar-refractivity contribution is 8.00. The molecule has 5 nitrogen and oxygen atoms in total. The van der Waals surface area contributed by atoms with E-state index in [0.717, 1.165) is 28.4 Å². The Bertz CT molecular complexity index is 767. The second-order valence-electron chi connectivity index (χ2n) is 6.01. The van der Waals surface area contributed by atoms with E-state index < -0.39 is 0 Å². The largest absolute Gasteiger partial charge is 0.454 e. The van der Waals surface area contributed by atoms with Crippen molar-refractivity contribution in [3.8, 4) is 11.5 Å². The molecular weight excluding hydrogens is 348 g/mol. The molecule has 0 saturated carbocycles. The van der Waals surface area contributed by atoms with Gasteiger partial charge in [-0.15, -0.1) is 18.3 Å². The van der Waals surface area contributed by atoms with E-state index >= 15 is 0 Å². The van der Waals surface area contributed by atoms with Crippen LogP contribution in [0.25, 0.3) is 0 Å². The minimum Gasteiger partial charge on any atom is -0.454 e. The van der Waals surface area contributed by atoms with Gasteiger partial charge in [-0.1, -0.05) is 18.2 Å². The van der Waals surface area contributed by atoms with E-state index in [9.17, 15) is 4.79 Å². The summed E-state index contributed by atoms with van der Waals surface area (Å²) in [5.74, 6) is 2.31. The molecule has 1 aromatic carbocycles. The van der Waals surface area contributed by atoms with Crippen LogP contribution in [0.3, 0.4) is 0 Å². The third-order valence-electron chi connectivity index (χ3n) is 4.03. The van der Waals surface area contributed by atoms with Gasteiger partial charge in [0.15, 0.2) is 11.5 Å². The zero-order chi connectivity index (χ0) is 18.4. The lowest BCUT2D eigenvalue weighted by Gasteiger charge is -2.26. The van der Waals surface area contributed by atoms with Crippen LogP contribution < -0.4 is 9.47 Å². The van der Waals surface area contributed by atoms with Gasteiger partial charge in [0.05, 0.1) is 5.25 Å². The predicted octanol–water partition coefficient (Wildman–Crippen LogP) is 3.65. The molecule has 1 aliphatic rings. The summed E-state index contributed by atoms with van der Waals surface area (Å²) < 4.78 is 10.8. The van der Waals surface area contributed by atoms with Crippen LogP contribution >= 0.6 is 11.8 Å². The molecule has 3 rings (SSSR count). The van der Waals surface area contributed by atoms with Gasteiger partial charge >= 0.3 is 0 Å². The highest BCUT2D eigenvalue weighted by atomic mass is 32.2. The van der Waals surface area contributed by atoms with Crippen LogP contribution in [-0.2, 0) is 17.9 Å². The maximum atomic E-state index is 13.0. The number of nitrogens with zero attached hydrogens (tertiary/aromatic N) is 2. The molecule has 0 fully saturated rings. The van der Waals surface area contributed by atoms with Crippen LogP contribution in [0.4, 0.5) is 0 Å². The average molecular weight is 370 g/mol. The van der Waals surface area contributed by atoms with E-state index in [4.69, 9.17) is 9.47 Å². The molecule has 0 saturated heterocycles. The van der Waals surface area contributed by atoms with Crippen LogP contribution in [0, 0.1) is 0 Å². The van der Waals surface area contributed by atoms with Crippen molar-refractivity contribution in [2.75, 3.05) is 12.5 Å². The van der Waals surface area contributed by atoms with E-state index in [2.05, 4.69) is 11.6 Å². The minimum absolute atomic E-state index is 0.0957. The first kappa shape index (κ1) is 18.3. The highest BCUT2D eigenvalue weighted by Crippen LogP contribution is 2.33. The van der Waals surface area contributed by atoms with Crippen molar-refractivity contribution in [3.63, 3.8) is 0 Å². The Morgan fingerprint density at radius 2 is 2.12 bits per heavy atom. The maximum Gasteiger partial charge on any atom is 0.236 e. The number of rotatable bonds is 8. The summed E-state index contributed by atoms with van der Waals surface area (Å²) in [4.78, 5) is 19.0. The molecule has 6 heteroatoms. The van der Waals surface area contributed by atoms with Crippen molar-refractivity contribution in [1.29, 1.82) is 0 Å². The topological polar surface area (TPSA) is 51.7 Å². The number of fused-ring (bicyclic) bond motifs is 1. The van der Waals surface area contributed by atoms with Crippen molar-refractivity contribution in [2.24, 2.45) is 0 Å². The quantitative estimate of drug-likeness (QED) is 0.664. The first-order valence-corrected chi connectivity index (χ1v) is 9.51. The maximum absolute atomic E-state index is 13.0. The smallest absolute Gasteiger partial charge is 0.236 e. The van der Waals surface area contributed by atoms with Gasteiger partial charge in [0.25, 0.3) is 0 Å². The van der Waals surface area contributed by atoms with Crippen molar-refractivity contribution < 1.29 is 14.3 Å². The molecule has 1 atom stereocenters. The van der Waals surface area contributed by atoms with Crippen molar-refractivity contribution in [2.45, 2.75) is 25.3 Å². The first-order valence-electron chi connectivity index (χ1n) is 8.46. The Morgan fingerprint density at radius 1 is 1.31 bits per heavy atom. The van der Waals surface area contributed by atoms with E-state index in [1.165, 1.54) is 0 Å². The molecule has 0 bridgehead atoms. The number of thioether (sulfide) groups is 1. The normalized spacial score (nSPS) is 13.3. The Morgan fingerprint density at radius 3 is 2.88 bits per heavy atom. The summed E-state index contributed by atoms with van der Waals surface area (Å²) in [6, 6.07) is 9.66. The SMILES string of the molecule is C=CCSC(C)C(=O)N(Cc1cccnc1)Cc1ccc2c(c1)OCO2. The second kappa shape index (κ2) is 8.76. The third kappa shape index (κ3) is 4.58. The zero-order valence-corrected chi connectivity index (χ0v) is 15.6. The predicted molar refractivity (Wildman–Crippen MR) is 103 cm³/mol. The van der Waals surface area contributed by atoms with Crippen molar-refractivity contribution in [3.05, 3.63) is 66.5 Å². The summed E-state index contributed by atoms with van der Waals surface area (Å²) in [5, 5.41) is -0.140. The van der Waals surface area contributed by atoms with Gasteiger partial charge in [0.1, 0.15) is 0 Å². The van der Waals surface area contributed by atoms with Crippen molar-refractivity contribution in [1.82, 2.24) is 9.88 Å². The van der Waals surface area contributed by atoms with E-state index in [-0.39, 0.29) is 18.0 Å². The van der Waals surface area contributed by atoms with Crippen LogP contribution in [-0.4, -0.2) is 33.6 Å². The van der Waals surface area contributed by atoms with E-state index in [1.807, 2.05) is 48.2 Å². The molecule has 1 unspecified atom stereocenters.